The topological polar surface area (TPSA) is 55.3 Å². The summed E-state index contributed by atoms with van der Waals surface area (Å²) >= 11 is 1.62. The van der Waals surface area contributed by atoms with Gasteiger partial charge in [0.15, 0.2) is 0 Å². The van der Waals surface area contributed by atoms with E-state index in [1.165, 1.54) is 4.88 Å². The molecular weight excluding hydrogens is 322 g/mol. The van der Waals surface area contributed by atoms with Gasteiger partial charge in [0.05, 0.1) is 29.5 Å². The van der Waals surface area contributed by atoms with Gasteiger partial charge in [-0.1, -0.05) is 6.07 Å². The summed E-state index contributed by atoms with van der Waals surface area (Å²) in [4.78, 5) is 24.5. The minimum Gasteiger partial charge on any atom is -0.376 e. The molecule has 3 rings (SSSR count). The molecule has 0 aromatic carbocycles. The van der Waals surface area contributed by atoms with Crippen LogP contribution in [-0.2, 0) is 22.5 Å². The van der Waals surface area contributed by atoms with Gasteiger partial charge in [-0.25, -0.2) is 4.98 Å². The van der Waals surface area contributed by atoms with Crippen molar-refractivity contribution >= 4 is 17.2 Å². The van der Waals surface area contributed by atoms with Gasteiger partial charge in [-0.2, -0.15) is 0 Å². The highest BCUT2D eigenvalue weighted by Crippen LogP contribution is 2.18. The Morgan fingerprint density at radius 1 is 1.42 bits per heavy atom. The van der Waals surface area contributed by atoms with Crippen LogP contribution in [0.3, 0.4) is 0 Å². The number of aryl methyl sites for hydroxylation is 2. The predicted molar refractivity (Wildman–Crippen MR) is 93.8 cm³/mol. The molecule has 1 saturated heterocycles. The molecule has 6 heteroatoms. The molecule has 5 nitrogen and oxygen atoms in total. The van der Waals surface area contributed by atoms with Crippen LogP contribution in [0.25, 0.3) is 0 Å². The largest absolute Gasteiger partial charge is 0.376 e. The van der Waals surface area contributed by atoms with Crippen LogP contribution in [-0.4, -0.2) is 40.0 Å². The SMILES string of the molecule is Cc1ncsc1CCC(=O)N(Cc1ccccn1)CC1CCCO1. The molecule has 2 aromatic rings. The number of nitrogens with zero attached hydrogens (tertiary/aromatic N) is 3. The van der Waals surface area contributed by atoms with E-state index in [0.29, 0.717) is 19.5 Å². The fourth-order valence-electron chi connectivity index (χ4n) is 2.92. The lowest BCUT2D eigenvalue weighted by atomic mass is 10.2. The minimum absolute atomic E-state index is 0.155. The average molecular weight is 345 g/mol. The number of hydrogen-bond acceptors (Lipinski definition) is 5. The second kappa shape index (κ2) is 8.35. The summed E-state index contributed by atoms with van der Waals surface area (Å²) in [5.74, 6) is 0.156. The van der Waals surface area contributed by atoms with Gasteiger partial charge in [0.2, 0.25) is 5.91 Å². The van der Waals surface area contributed by atoms with E-state index in [0.717, 1.165) is 37.3 Å². The molecule has 1 aliphatic rings. The van der Waals surface area contributed by atoms with Crippen LogP contribution in [0.5, 0.6) is 0 Å². The van der Waals surface area contributed by atoms with Gasteiger partial charge in [-0.05, 0) is 38.3 Å². The van der Waals surface area contributed by atoms with E-state index in [1.807, 2.05) is 35.5 Å². The number of rotatable bonds is 7. The summed E-state index contributed by atoms with van der Waals surface area (Å²) in [7, 11) is 0. The lowest BCUT2D eigenvalue weighted by molar-refractivity contribution is -0.133. The van der Waals surface area contributed by atoms with Gasteiger partial charge >= 0.3 is 0 Å². The number of pyridine rings is 1. The van der Waals surface area contributed by atoms with Crippen LogP contribution in [0.4, 0.5) is 0 Å². The van der Waals surface area contributed by atoms with Gasteiger partial charge in [0, 0.05) is 30.6 Å². The van der Waals surface area contributed by atoms with E-state index in [1.54, 1.807) is 17.5 Å². The summed E-state index contributed by atoms with van der Waals surface area (Å²) in [5.41, 5.74) is 3.79. The molecule has 128 valence electrons. The first-order valence-electron chi connectivity index (χ1n) is 8.40. The first kappa shape index (κ1) is 17.0. The smallest absolute Gasteiger partial charge is 0.223 e. The quantitative estimate of drug-likeness (QED) is 0.774. The lowest BCUT2D eigenvalue weighted by Gasteiger charge is -2.25. The predicted octanol–water partition coefficient (Wildman–Crippen LogP) is 2.99. The zero-order valence-corrected chi connectivity index (χ0v) is 14.8. The summed E-state index contributed by atoms with van der Waals surface area (Å²) < 4.78 is 5.72. The Morgan fingerprint density at radius 2 is 2.33 bits per heavy atom. The Kier molecular flexibility index (Phi) is 5.93. The van der Waals surface area contributed by atoms with E-state index in [4.69, 9.17) is 4.74 Å². The molecule has 0 radical (unpaired) electrons. The first-order valence-corrected chi connectivity index (χ1v) is 9.28. The van der Waals surface area contributed by atoms with E-state index >= 15 is 0 Å². The maximum Gasteiger partial charge on any atom is 0.223 e. The van der Waals surface area contributed by atoms with Gasteiger partial charge in [-0.3, -0.25) is 9.78 Å². The molecule has 24 heavy (non-hydrogen) atoms. The zero-order chi connectivity index (χ0) is 16.8. The third-order valence-electron chi connectivity index (χ3n) is 4.29. The average Bonchev–Trinajstić information content (AvgIpc) is 3.25. The monoisotopic (exact) mass is 345 g/mol. The molecule has 0 bridgehead atoms. The third-order valence-corrected chi connectivity index (χ3v) is 5.29. The minimum atomic E-state index is 0.155. The van der Waals surface area contributed by atoms with Crippen molar-refractivity contribution in [3.63, 3.8) is 0 Å². The molecule has 0 aliphatic carbocycles. The van der Waals surface area contributed by atoms with Crippen molar-refractivity contribution in [2.45, 2.75) is 45.3 Å². The maximum atomic E-state index is 12.8. The number of amides is 1. The van der Waals surface area contributed by atoms with E-state index in [9.17, 15) is 4.79 Å². The normalized spacial score (nSPS) is 17.1. The van der Waals surface area contributed by atoms with E-state index in [2.05, 4.69) is 9.97 Å². The third kappa shape index (κ3) is 4.61. The van der Waals surface area contributed by atoms with E-state index < -0.39 is 0 Å². The summed E-state index contributed by atoms with van der Waals surface area (Å²) in [6, 6.07) is 5.81. The van der Waals surface area contributed by atoms with Crippen molar-refractivity contribution in [3.8, 4) is 0 Å². The molecule has 1 aliphatic heterocycles. The molecule has 0 spiro atoms. The van der Waals surface area contributed by atoms with Gasteiger partial charge < -0.3 is 9.64 Å². The van der Waals surface area contributed by atoms with Crippen LogP contribution < -0.4 is 0 Å². The number of carbonyl (C=O) groups excluding carboxylic acids is 1. The standard InChI is InChI=1S/C18H23N3O2S/c1-14-17(24-13-20-14)7-8-18(22)21(12-16-6-4-10-23-16)11-15-5-2-3-9-19-15/h2-3,5,9,13,16H,4,6-8,10-12H2,1H3. The van der Waals surface area contributed by atoms with Crippen molar-refractivity contribution < 1.29 is 9.53 Å². The van der Waals surface area contributed by atoms with Crippen LogP contribution in [0.1, 0.15) is 35.5 Å². The molecule has 0 saturated carbocycles. The molecule has 1 atom stereocenters. The van der Waals surface area contributed by atoms with Crippen LogP contribution in [0.2, 0.25) is 0 Å². The molecule has 0 N–H and O–H groups in total. The number of ether oxygens (including phenoxy) is 1. The highest BCUT2D eigenvalue weighted by atomic mass is 32.1. The van der Waals surface area contributed by atoms with Crippen molar-refractivity contribution in [1.29, 1.82) is 0 Å². The summed E-state index contributed by atoms with van der Waals surface area (Å²) in [6.07, 6.45) is 5.28. The van der Waals surface area contributed by atoms with Crippen LogP contribution in [0.15, 0.2) is 29.9 Å². The number of carbonyl (C=O) groups is 1. The Balaban J connectivity index is 1.63. The van der Waals surface area contributed by atoms with Crippen LogP contribution >= 0.6 is 11.3 Å². The van der Waals surface area contributed by atoms with Crippen molar-refractivity contribution in [2.75, 3.05) is 13.2 Å². The second-order valence-electron chi connectivity index (χ2n) is 6.09. The highest BCUT2D eigenvalue weighted by molar-refractivity contribution is 7.09. The number of thiazole rings is 1. The van der Waals surface area contributed by atoms with Crippen LogP contribution in [0, 0.1) is 6.92 Å². The molecule has 1 amide bonds. The second-order valence-corrected chi connectivity index (χ2v) is 7.03. The summed E-state index contributed by atoms with van der Waals surface area (Å²) in [6.45, 7) is 3.99. The van der Waals surface area contributed by atoms with Crippen molar-refractivity contribution in [1.82, 2.24) is 14.9 Å². The Bertz CT molecular complexity index is 653. The molecule has 1 fully saturated rings. The number of aromatic nitrogens is 2. The van der Waals surface area contributed by atoms with E-state index in [-0.39, 0.29) is 12.0 Å². The lowest BCUT2D eigenvalue weighted by Crippen LogP contribution is -2.37. The fourth-order valence-corrected chi connectivity index (χ4v) is 3.70. The first-order chi connectivity index (χ1) is 11.7. The Morgan fingerprint density at radius 3 is 3.00 bits per heavy atom. The van der Waals surface area contributed by atoms with Crippen molar-refractivity contribution in [3.05, 3.63) is 46.2 Å². The Hall–Kier alpha value is -1.79. The maximum absolute atomic E-state index is 12.8. The highest BCUT2D eigenvalue weighted by Gasteiger charge is 2.23. The molecule has 1 unspecified atom stereocenters. The molecule has 3 heterocycles. The molecule has 2 aromatic heterocycles. The van der Waals surface area contributed by atoms with Crippen molar-refractivity contribution in [2.24, 2.45) is 0 Å². The zero-order valence-electron chi connectivity index (χ0n) is 14.0. The fraction of sp³-hybridized carbons (Fsp3) is 0.500. The van der Waals surface area contributed by atoms with Gasteiger partial charge in [0.25, 0.3) is 0 Å². The number of hydrogen-bond donors (Lipinski definition) is 0. The summed E-state index contributed by atoms with van der Waals surface area (Å²) in [5, 5.41) is 0. The van der Waals surface area contributed by atoms with Gasteiger partial charge in [-0.15, -0.1) is 11.3 Å². The van der Waals surface area contributed by atoms with Gasteiger partial charge in [0.1, 0.15) is 0 Å². The molecular formula is C18H23N3O2S. The Labute approximate surface area is 146 Å².